The van der Waals surface area contributed by atoms with Crippen LogP contribution in [0.1, 0.15) is 43.2 Å². The molecule has 1 saturated carbocycles. The Balaban J connectivity index is 1.67. The molecule has 1 aliphatic carbocycles. The number of aryl methyl sites for hydroxylation is 1. The molecule has 1 fully saturated rings. The van der Waals surface area contributed by atoms with Crippen LogP contribution in [-0.4, -0.2) is 18.8 Å². The lowest BCUT2D eigenvalue weighted by molar-refractivity contribution is -0.0119. The van der Waals surface area contributed by atoms with Gasteiger partial charge in [0.15, 0.2) is 0 Å². The molecule has 1 heterocycles. The highest BCUT2D eigenvalue weighted by Crippen LogP contribution is 2.35. The lowest BCUT2D eigenvalue weighted by Crippen LogP contribution is -2.46. The van der Waals surface area contributed by atoms with E-state index in [9.17, 15) is 0 Å². The maximum atomic E-state index is 5.63. The lowest BCUT2D eigenvalue weighted by Gasteiger charge is -2.37. The normalized spacial score (nSPS) is 23.8. The average Bonchev–Trinajstić information content (AvgIpc) is 2.74. The Kier molecular flexibility index (Phi) is 4.11. The van der Waals surface area contributed by atoms with Gasteiger partial charge in [-0.3, -0.25) is 0 Å². The van der Waals surface area contributed by atoms with Crippen molar-refractivity contribution in [3.05, 3.63) is 34.7 Å². The van der Waals surface area contributed by atoms with Crippen molar-refractivity contribution in [3.8, 4) is 0 Å². The zero-order valence-corrected chi connectivity index (χ0v) is 13.3. The van der Waals surface area contributed by atoms with Gasteiger partial charge in [0.1, 0.15) is 0 Å². The molecule has 0 bridgehead atoms. The van der Waals surface area contributed by atoms with Crippen molar-refractivity contribution in [2.24, 2.45) is 0 Å². The summed E-state index contributed by atoms with van der Waals surface area (Å²) in [4.78, 5) is 1.48. The summed E-state index contributed by atoms with van der Waals surface area (Å²) < 4.78 is 7.03. The molecule has 3 rings (SSSR count). The molecule has 0 amide bonds. The van der Waals surface area contributed by atoms with Gasteiger partial charge in [0.05, 0.1) is 6.10 Å². The first-order valence-electron chi connectivity index (χ1n) is 7.54. The molecule has 1 atom stereocenters. The fourth-order valence-corrected chi connectivity index (χ4v) is 4.33. The standard InChI is InChI=1S/C17H23NOS/c1-4-19-14-9-13(10-14)18-12(3)17-11(2)15-7-5-6-8-16(15)20-17/h5-8,12-14,18H,4,9-10H2,1-3H3. The minimum atomic E-state index is 0.431. The van der Waals surface area contributed by atoms with Gasteiger partial charge in [-0.05, 0) is 50.6 Å². The summed E-state index contributed by atoms with van der Waals surface area (Å²) in [6, 6.07) is 9.75. The van der Waals surface area contributed by atoms with Crippen molar-refractivity contribution in [3.63, 3.8) is 0 Å². The van der Waals surface area contributed by atoms with Gasteiger partial charge in [-0.25, -0.2) is 0 Å². The van der Waals surface area contributed by atoms with Crippen LogP contribution in [0.5, 0.6) is 0 Å². The molecule has 0 aliphatic heterocycles. The predicted molar refractivity (Wildman–Crippen MR) is 86.5 cm³/mol. The summed E-state index contributed by atoms with van der Waals surface area (Å²) in [6.45, 7) is 7.44. The molecule has 1 aromatic heterocycles. The minimum Gasteiger partial charge on any atom is -0.378 e. The van der Waals surface area contributed by atoms with Crippen molar-refractivity contribution >= 4 is 21.4 Å². The van der Waals surface area contributed by atoms with Crippen LogP contribution >= 0.6 is 11.3 Å². The number of hydrogen-bond donors (Lipinski definition) is 1. The Bertz CT molecular complexity index is 586. The van der Waals surface area contributed by atoms with Crippen molar-refractivity contribution in [2.45, 2.75) is 51.8 Å². The van der Waals surface area contributed by atoms with Gasteiger partial charge in [-0.1, -0.05) is 18.2 Å². The Morgan fingerprint density at radius 1 is 1.35 bits per heavy atom. The molecular weight excluding hydrogens is 266 g/mol. The van der Waals surface area contributed by atoms with E-state index in [0.29, 0.717) is 18.2 Å². The fraction of sp³-hybridized carbons (Fsp3) is 0.529. The van der Waals surface area contributed by atoms with Crippen LogP contribution in [-0.2, 0) is 4.74 Å². The van der Waals surface area contributed by atoms with Crippen LogP contribution in [0.4, 0.5) is 0 Å². The lowest BCUT2D eigenvalue weighted by atomic mass is 9.88. The number of rotatable bonds is 5. The number of fused-ring (bicyclic) bond motifs is 1. The molecular formula is C17H23NOS. The van der Waals surface area contributed by atoms with Crippen LogP contribution in [0.2, 0.25) is 0 Å². The van der Waals surface area contributed by atoms with Gasteiger partial charge in [0.25, 0.3) is 0 Å². The third-order valence-corrected chi connectivity index (χ3v) is 5.71. The highest BCUT2D eigenvalue weighted by atomic mass is 32.1. The van der Waals surface area contributed by atoms with E-state index in [4.69, 9.17) is 4.74 Å². The summed E-state index contributed by atoms with van der Waals surface area (Å²) in [5.74, 6) is 0. The van der Waals surface area contributed by atoms with E-state index in [-0.39, 0.29) is 0 Å². The Morgan fingerprint density at radius 3 is 2.80 bits per heavy atom. The number of hydrogen-bond acceptors (Lipinski definition) is 3. The van der Waals surface area contributed by atoms with Gasteiger partial charge in [-0.15, -0.1) is 11.3 Å². The fourth-order valence-electron chi connectivity index (χ4n) is 3.11. The van der Waals surface area contributed by atoms with E-state index in [1.54, 1.807) is 0 Å². The third kappa shape index (κ3) is 2.62. The average molecular weight is 289 g/mol. The van der Waals surface area contributed by atoms with Crippen LogP contribution in [0.15, 0.2) is 24.3 Å². The molecule has 0 spiro atoms. The largest absolute Gasteiger partial charge is 0.378 e. The molecule has 3 heteroatoms. The molecule has 1 aromatic carbocycles. The summed E-state index contributed by atoms with van der Waals surface area (Å²) in [6.07, 6.45) is 2.79. The maximum Gasteiger partial charge on any atom is 0.0604 e. The summed E-state index contributed by atoms with van der Waals surface area (Å²) in [5.41, 5.74) is 1.44. The first kappa shape index (κ1) is 14.1. The third-order valence-electron chi connectivity index (χ3n) is 4.26. The van der Waals surface area contributed by atoms with Crippen LogP contribution in [0.25, 0.3) is 10.1 Å². The molecule has 0 radical (unpaired) electrons. The smallest absolute Gasteiger partial charge is 0.0604 e. The first-order chi connectivity index (χ1) is 9.69. The topological polar surface area (TPSA) is 21.3 Å². The first-order valence-corrected chi connectivity index (χ1v) is 8.36. The van der Waals surface area contributed by atoms with Crippen molar-refractivity contribution < 1.29 is 4.74 Å². The second kappa shape index (κ2) is 5.84. The van der Waals surface area contributed by atoms with E-state index in [1.165, 1.54) is 20.5 Å². The van der Waals surface area contributed by atoms with Crippen molar-refractivity contribution in [1.29, 1.82) is 0 Å². The molecule has 20 heavy (non-hydrogen) atoms. The molecule has 1 unspecified atom stereocenters. The summed E-state index contributed by atoms with van der Waals surface area (Å²) >= 11 is 1.93. The second-order valence-corrected chi connectivity index (χ2v) is 6.81. The zero-order chi connectivity index (χ0) is 14.1. The Labute approximate surface area is 125 Å². The van der Waals surface area contributed by atoms with E-state index in [1.807, 2.05) is 11.3 Å². The second-order valence-electron chi connectivity index (χ2n) is 5.72. The number of thiophene rings is 1. The number of nitrogens with one attached hydrogen (secondary N) is 1. The van der Waals surface area contributed by atoms with Crippen molar-refractivity contribution in [2.75, 3.05) is 6.61 Å². The van der Waals surface area contributed by atoms with Gasteiger partial charge in [0, 0.05) is 28.3 Å². The van der Waals surface area contributed by atoms with E-state index in [2.05, 4.69) is 50.4 Å². The zero-order valence-electron chi connectivity index (χ0n) is 12.5. The molecule has 1 aliphatic rings. The van der Waals surface area contributed by atoms with Gasteiger partial charge >= 0.3 is 0 Å². The van der Waals surface area contributed by atoms with E-state index < -0.39 is 0 Å². The van der Waals surface area contributed by atoms with E-state index >= 15 is 0 Å². The van der Waals surface area contributed by atoms with Crippen LogP contribution < -0.4 is 5.32 Å². The van der Waals surface area contributed by atoms with Crippen LogP contribution in [0.3, 0.4) is 0 Å². The Morgan fingerprint density at radius 2 is 2.10 bits per heavy atom. The van der Waals surface area contributed by atoms with Crippen molar-refractivity contribution in [1.82, 2.24) is 5.32 Å². The highest BCUT2D eigenvalue weighted by molar-refractivity contribution is 7.19. The van der Waals surface area contributed by atoms with E-state index in [0.717, 1.165) is 19.4 Å². The molecule has 0 saturated heterocycles. The molecule has 2 aromatic rings. The molecule has 2 nitrogen and oxygen atoms in total. The van der Waals surface area contributed by atoms with Gasteiger partial charge in [-0.2, -0.15) is 0 Å². The highest BCUT2D eigenvalue weighted by Gasteiger charge is 2.31. The molecule has 108 valence electrons. The monoisotopic (exact) mass is 289 g/mol. The predicted octanol–water partition coefficient (Wildman–Crippen LogP) is 4.43. The van der Waals surface area contributed by atoms with Crippen LogP contribution in [0, 0.1) is 6.92 Å². The quantitative estimate of drug-likeness (QED) is 0.879. The molecule has 1 N–H and O–H groups in total. The summed E-state index contributed by atoms with van der Waals surface area (Å²) in [7, 11) is 0. The number of benzene rings is 1. The maximum absolute atomic E-state index is 5.63. The Hall–Kier alpha value is -0.900. The summed E-state index contributed by atoms with van der Waals surface area (Å²) in [5, 5.41) is 5.16. The van der Waals surface area contributed by atoms with Gasteiger partial charge in [0.2, 0.25) is 0 Å². The minimum absolute atomic E-state index is 0.431. The number of ether oxygens (including phenoxy) is 1. The SMILES string of the molecule is CCOC1CC(NC(C)c2sc3ccccc3c2C)C1. The van der Waals surface area contributed by atoms with Gasteiger partial charge < -0.3 is 10.1 Å².